The molecule has 1 fully saturated rings. The number of nitrogens with one attached hydrogen (secondary N) is 1. The Hall–Kier alpha value is -1.62. The maximum atomic E-state index is 11.7. The lowest BCUT2D eigenvalue weighted by atomic mass is 10.3. The molecule has 0 aromatic carbocycles. The van der Waals surface area contributed by atoms with Gasteiger partial charge in [0.15, 0.2) is 0 Å². The average molecular weight is 249 g/mol. The third-order valence-corrected chi connectivity index (χ3v) is 3.09. The highest BCUT2D eigenvalue weighted by Crippen LogP contribution is 2.08. The van der Waals surface area contributed by atoms with E-state index in [4.69, 9.17) is 5.11 Å². The predicted molar refractivity (Wildman–Crippen MR) is 68.0 cm³/mol. The molecule has 0 radical (unpaired) electrons. The number of aromatic nitrogens is 1. The molecule has 0 atom stereocenters. The van der Waals surface area contributed by atoms with Crippen molar-refractivity contribution in [3.05, 3.63) is 24.0 Å². The van der Waals surface area contributed by atoms with E-state index in [0.29, 0.717) is 19.5 Å². The molecule has 0 bridgehead atoms. The summed E-state index contributed by atoms with van der Waals surface area (Å²) >= 11 is 0. The first kappa shape index (κ1) is 12.8. The van der Waals surface area contributed by atoms with Crippen molar-refractivity contribution in [2.24, 2.45) is 0 Å². The largest absolute Gasteiger partial charge is 0.506 e. The molecule has 1 aliphatic heterocycles. The lowest BCUT2D eigenvalue weighted by Gasteiger charge is -2.15. The maximum absolute atomic E-state index is 11.7. The fourth-order valence-corrected chi connectivity index (χ4v) is 2.06. The van der Waals surface area contributed by atoms with Crippen molar-refractivity contribution >= 4 is 5.91 Å². The van der Waals surface area contributed by atoms with E-state index in [-0.39, 0.29) is 11.7 Å². The second kappa shape index (κ2) is 6.35. The van der Waals surface area contributed by atoms with Gasteiger partial charge in [-0.3, -0.25) is 9.78 Å². The van der Waals surface area contributed by atoms with Crippen molar-refractivity contribution < 1.29 is 9.90 Å². The summed E-state index contributed by atoms with van der Waals surface area (Å²) in [4.78, 5) is 17.7. The topological polar surface area (TPSA) is 65.5 Å². The minimum atomic E-state index is 0.169. The van der Waals surface area contributed by atoms with E-state index in [0.717, 1.165) is 31.6 Å². The molecule has 5 nitrogen and oxygen atoms in total. The van der Waals surface area contributed by atoms with Crippen molar-refractivity contribution in [3.8, 4) is 5.75 Å². The van der Waals surface area contributed by atoms with Crippen LogP contribution in [0.5, 0.6) is 5.75 Å². The highest BCUT2D eigenvalue weighted by atomic mass is 16.3. The van der Waals surface area contributed by atoms with Crippen LogP contribution in [-0.2, 0) is 11.3 Å². The molecule has 1 aromatic heterocycles. The van der Waals surface area contributed by atoms with Gasteiger partial charge in [-0.1, -0.05) is 0 Å². The first-order chi connectivity index (χ1) is 8.75. The minimum Gasteiger partial charge on any atom is -0.506 e. The highest BCUT2D eigenvalue weighted by molar-refractivity contribution is 5.76. The molecule has 5 heteroatoms. The van der Waals surface area contributed by atoms with E-state index < -0.39 is 0 Å². The van der Waals surface area contributed by atoms with Crippen LogP contribution in [0, 0.1) is 0 Å². The molecule has 0 saturated carbocycles. The molecule has 2 heterocycles. The summed E-state index contributed by atoms with van der Waals surface area (Å²) in [5, 5.41) is 12.3. The average Bonchev–Trinajstić information content (AvgIpc) is 2.90. The van der Waals surface area contributed by atoms with Gasteiger partial charge in [0.25, 0.3) is 0 Å². The Bertz CT molecular complexity index is 386. The van der Waals surface area contributed by atoms with Crippen molar-refractivity contribution in [2.75, 3.05) is 19.6 Å². The zero-order chi connectivity index (χ0) is 12.8. The van der Waals surface area contributed by atoms with Gasteiger partial charge < -0.3 is 15.3 Å². The lowest BCUT2D eigenvalue weighted by molar-refractivity contribution is -0.130. The highest BCUT2D eigenvalue weighted by Gasteiger charge is 2.16. The Labute approximate surface area is 107 Å². The molecule has 2 N–H and O–H groups in total. The molecule has 98 valence electrons. The number of hydrogen-bond donors (Lipinski definition) is 2. The molecule has 1 aliphatic rings. The lowest BCUT2D eigenvalue weighted by Crippen LogP contribution is -2.30. The normalized spacial score (nSPS) is 15.0. The van der Waals surface area contributed by atoms with Gasteiger partial charge in [0.2, 0.25) is 5.91 Å². The number of aromatic hydroxyl groups is 1. The second-order valence-corrected chi connectivity index (χ2v) is 4.52. The van der Waals surface area contributed by atoms with E-state index in [1.54, 1.807) is 12.1 Å². The quantitative estimate of drug-likeness (QED) is 0.761. The predicted octanol–water partition coefficient (Wildman–Crippen LogP) is 0.889. The minimum absolute atomic E-state index is 0.169. The molecular weight excluding hydrogens is 230 g/mol. The van der Waals surface area contributed by atoms with Crippen molar-refractivity contribution in [1.29, 1.82) is 0 Å². The molecule has 18 heavy (non-hydrogen) atoms. The SMILES string of the molecule is O=C(CCNCc1ccc(O)cn1)N1CCCC1. The van der Waals surface area contributed by atoms with Gasteiger partial charge in [-0.15, -0.1) is 0 Å². The number of carbonyl (C=O) groups is 1. The van der Waals surface area contributed by atoms with Crippen LogP contribution in [0.3, 0.4) is 0 Å². The monoisotopic (exact) mass is 249 g/mol. The van der Waals surface area contributed by atoms with Crippen molar-refractivity contribution in [2.45, 2.75) is 25.8 Å². The van der Waals surface area contributed by atoms with Crippen LogP contribution in [0.2, 0.25) is 0 Å². The standard InChI is InChI=1S/C13H19N3O2/c17-12-4-3-11(15-10-12)9-14-6-5-13(18)16-7-1-2-8-16/h3-4,10,14,17H,1-2,5-9H2. The van der Waals surface area contributed by atoms with Crippen LogP contribution >= 0.6 is 0 Å². The zero-order valence-electron chi connectivity index (χ0n) is 10.4. The van der Waals surface area contributed by atoms with Crippen molar-refractivity contribution in [1.82, 2.24) is 15.2 Å². The van der Waals surface area contributed by atoms with Gasteiger partial charge in [-0.25, -0.2) is 0 Å². The van der Waals surface area contributed by atoms with Crippen LogP contribution in [0.1, 0.15) is 25.0 Å². The molecule has 0 spiro atoms. The van der Waals surface area contributed by atoms with Gasteiger partial charge in [0, 0.05) is 32.6 Å². The number of hydrogen-bond acceptors (Lipinski definition) is 4. The van der Waals surface area contributed by atoms with Crippen LogP contribution in [0.25, 0.3) is 0 Å². The van der Waals surface area contributed by atoms with E-state index in [1.807, 2.05) is 4.90 Å². The summed E-state index contributed by atoms with van der Waals surface area (Å²) in [6, 6.07) is 3.38. The Morgan fingerprint density at radius 3 is 2.83 bits per heavy atom. The molecule has 1 saturated heterocycles. The summed E-state index contributed by atoms with van der Waals surface area (Å²) in [5.74, 6) is 0.404. The zero-order valence-corrected chi connectivity index (χ0v) is 10.4. The summed E-state index contributed by atoms with van der Waals surface area (Å²) in [6.45, 7) is 3.11. The number of carbonyl (C=O) groups excluding carboxylic acids is 1. The summed E-state index contributed by atoms with van der Waals surface area (Å²) in [5.41, 5.74) is 0.862. The van der Waals surface area contributed by atoms with Gasteiger partial charge >= 0.3 is 0 Å². The smallest absolute Gasteiger partial charge is 0.223 e. The van der Waals surface area contributed by atoms with E-state index in [2.05, 4.69) is 10.3 Å². The van der Waals surface area contributed by atoms with Gasteiger partial charge in [-0.05, 0) is 25.0 Å². The second-order valence-electron chi connectivity index (χ2n) is 4.52. The van der Waals surface area contributed by atoms with Gasteiger partial charge in [0.1, 0.15) is 5.75 Å². The molecule has 1 amide bonds. The van der Waals surface area contributed by atoms with Crippen LogP contribution in [0.15, 0.2) is 18.3 Å². The number of pyridine rings is 1. The summed E-state index contributed by atoms with van der Waals surface area (Å²) < 4.78 is 0. The Morgan fingerprint density at radius 2 is 2.17 bits per heavy atom. The molecule has 2 rings (SSSR count). The number of likely N-dealkylation sites (tertiary alicyclic amines) is 1. The first-order valence-corrected chi connectivity index (χ1v) is 6.38. The third-order valence-electron chi connectivity index (χ3n) is 3.09. The van der Waals surface area contributed by atoms with Crippen LogP contribution in [-0.4, -0.2) is 40.5 Å². The van der Waals surface area contributed by atoms with E-state index in [9.17, 15) is 4.79 Å². The molecule has 0 aliphatic carbocycles. The molecule has 1 aromatic rings. The first-order valence-electron chi connectivity index (χ1n) is 6.38. The van der Waals surface area contributed by atoms with Gasteiger partial charge in [-0.2, -0.15) is 0 Å². The van der Waals surface area contributed by atoms with Crippen LogP contribution < -0.4 is 5.32 Å². The fourth-order valence-electron chi connectivity index (χ4n) is 2.06. The molecular formula is C13H19N3O2. The number of rotatable bonds is 5. The van der Waals surface area contributed by atoms with Crippen molar-refractivity contribution in [3.63, 3.8) is 0 Å². The summed E-state index contributed by atoms with van der Waals surface area (Å²) in [6.07, 6.45) is 4.23. The van der Waals surface area contributed by atoms with E-state index >= 15 is 0 Å². The van der Waals surface area contributed by atoms with E-state index in [1.165, 1.54) is 6.20 Å². The van der Waals surface area contributed by atoms with Crippen LogP contribution in [0.4, 0.5) is 0 Å². The van der Waals surface area contributed by atoms with Gasteiger partial charge in [0.05, 0.1) is 11.9 Å². The Balaban J connectivity index is 1.63. The summed E-state index contributed by atoms with van der Waals surface area (Å²) in [7, 11) is 0. The Kier molecular flexibility index (Phi) is 4.52. The number of nitrogens with zero attached hydrogens (tertiary/aromatic N) is 2. The molecule has 0 unspecified atom stereocenters. The number of amides is 1. The Morgan fingerprint density at radius 1 is 1.39 bits per heavy atom. The maximum Gasteiger partial charge on any atom is 0.223 e. The fraction of sp³-hybridized carbons (Fsp3) is 0.538. The third kappa shape index (κ3) is 3.70.